The molecule has 2 rings (SSSR count). The van der Waals surface area contributed by atoms with E-state index in [2.05, 4.69) is 55.6 Å². The number of hydrogen-bond acceptors (Lipinski definition) is 2. The second-order valence-electron chi connectivity index (χ2n) is 4.64. The molecule has 0 spiro atoms. The van der Waals surface area contributed by atoms with Gasteiger partial charge in [0, 0.05) is 12.2 Å². The zero-order valence-electron chi connectivity index (χ0n) is 11.6. The van der Waals surface area contributed by atoms with Crippen LogP contribution in [0, 0.1) is 6.92 Å². The summed E-state index contributed by atoms with van der Waals surface area (Å²) in [6, 6.07) is 16.7. The molecule has 0 radical (unpaired) electrons. The third-order valence-corrected chi connectivity index (χ3v) is 3.05. The van der Waals surface area contributed by atoms with E-state index >= 15 is 0 Å². The van der Waals surface area contributed by atoms with Crippen LogP contribution in [-0.4, -0.2) is 13.2 Å². The molecular formula is C17H21NO. The minimum absolute atomic E-state index is 0.666. The lowest BCUT2D eigenvalue weighted by Crippen LogP contribution is -2.11. The highest BCUT2D eigenvalue weighted by atomic mass is 16.5. The van der Waals surface area contributed by atoms with Gasteiger partial charge in [-0.1, -0.05) is 31.2 Å². The molecule has 0 saturated heterocycles. The summed E-state index contributed by atoms with van der Waals surface area (Å²) < 4.78 is 5.69. The fourth-order valence-corrected chi connectivity index (χ4v) is 1.94. The van der Waals surface area contributed by atoms with Crippen molar-refractivity contribution in [3.8, 4) is 5.75 Å². The molecule has 0 heterocycles. The van der Waals surface area contributed by atoms with Gasteiger partial charge in [0.2, 0.25) is 0 Å². The molecule has 0 saturated carbocycles. The van der Waals surface area contributed by atoms with Gasteiger partial charge in [-0.25, -0.2) is 0 Å². The molecule has 2 heteroatoms. The molecule has 0 amide bonds. The van der Waals surface area contributed by atoms with Gasteiger partial charge in [0.05, 0.1) is 0 Å². The van der Waals surface area contributed by atoms with Crippen molar-refractivity contribution in [1.82, 2.24) is 0 Å². The SMILES string of the molecule is CCc1ccc(OCCNc2cccc(C)c2)cc1. The Hall–Kier alpha value is -1.96. The molecule has 0 unspecified atom stereocenters. The van der Waals surface area contributed by atoms with Crippen LogP contribution in [0.3, 0.4) is 0 Å². The average molecular weight is 255 g/mol. The first-order chi connectivity index (χ1) is 9.28. The van der Waals surface area contributed by atoms with Gasteiger partial charge in [0.1, 0.15) is 12.4 Å². The van der Waals surface area contributed by atoms with Crippen LogP contribution in [0.15, 0.2) is 48.5 Å². The predicted octanol–water partition coefficient (Wildman–Crippen LogP) is 4.05. The Bertz CT molecular complexity index is 505. The van der Waals surface area contributed by atoms with Crippen molar-refractivity contribution in [2.24, 2.45) is 0 Å². The molecule has 1 N–H and O–H groups in total. The second-order valence-corrected chi connectivity index (χ2v) is 4.64. The Morgan fingerprint density at radius 1 is 1.05 bits per heavy atom. The molecular weight excluding hydrogens is 234 g/mol. The first kappa shape index (κ1) is 13.5. The summed E-state index contributed by atoms with van der Waals surface area (Å²) >= 11 is 0. The van der Waals surface area contributed by atoms with Gasteiger partial charge in [-0.3, -0.25) is 0 Å². The van der Waals surface area contributed by atoms with Crippen LogP contribution in [0.4, 0.5) is 5.69 Å². The number of benzene rings is 2. The molecule has 0 aliphatic rings. The van der Waals surface area contributed by atoms with E-state index in [1.807, 2.05) is 12.1 Å². The number of nitrogens with one attached hydrogen (secondary N) is 1. The molecule has 0 aliphatic heterocycles. The van der Waals surface area contributed by atoms with Gasteiger partial charge in [0.15, 0.2) is 0 Å². The van der Waals surface area contributed by atoms with Crippen LogP contribution in [0.1, 0.15) is 18.1 Å². The van der Waals surface area contributed by atoms with Crippen LogP contribution < -0.4 is 10.1 Å². The van der Waals surface area contributed by atoms with E-state index in [1.165, 1.54) is 11.1 Å². The molecule has 0 bridgehead atoms. The van der Waals surface area contributed by atoms with Gasteiger partial charge in [-0.2, -0.15) is 0 Å². The van der Waals surface area contributed by atoms with Crippen LogP contribution in [0.2, 0.25) is 0 Å². The highest BCUT2D eigenvalue weighted by Gasteiger charge is 1.95. The normalized spacial score (nSPS) is 10.2. The van der Waals surface area contributed by atoms with E-state index in [0.29, 0.717) is 6.61 Å². The highest BCUT2D eigenvalue weighted by molar-refractivity contribution is 5.45. The molecule has 2 aromatic carbocycles. The number of hydrogen-bond donors (Lipinski definition) is 1. The van der Waals surface area contributed by atoms with E-state index < -0.39 is 0 Å². The molecule has 0 aromatic heterocycles. The maximum Gasteiger partial charge on any atom is 0.119 e. The summed E-state index contributed by atoms with van der Waals surface area (Å²) in [5.74, 6) is 0.934. The Balaban J connectivity index is 1.74. The van der Waals surface area contributed by atoms with Crippen molar-refractivity contribution in [3.05, 3.63) is 59.7 Å². The third kappa shape index (κ3) is 4.32. The summed E-state index contributed by atoms with van der Waals surface area (Å²) in [5, 5.41) is 3.35. The van der Waals surface area contributed by atoms with E-state index in [9.17, 15) is 0 Å². The van der Waals surface area contributed by atoms with Gasteiger partial charge in [-0.15, -0.1) is 0 Å². The van der Waals surface area contributed by atoms with Crippen molar-refractivity contribution in [1.29, 1.82) is 0 Å². The van der Waals surface area contributed by atoms with Crippen LogP contribution in [0.25, 0.3) is 0 Å². The maximum atomic E-state index is 5.69. The van der Waals surface area contributed by atoms with Crippen molar-refractivity contribution in [3.63, 3.8) is 0 Å². The summed E-state index contributed by atoms with van der Waals surface area (Å²) in [6.45, 7) is 5.72. The number of aryl methyl sites for hydroxylation is 2. The number of ether oxygens (including phenoxy) is 1. The standard InChI is InChI=1S/C17H21NO/c1-3-15-7-9-17(10-8-15)19-12-11-18-16-6-4-5-14(2)13-16/h4-10,13,18H,3,11-12H2,1-2H3. The second kappa shape index (κ2) is 6.83. The summed E-state index contributed by atoms with van der Waals surface area (Å²) in [5.41, 5.74) is 3.75. The number of anilines is 1. The monoisotopic (exact) mass is 255 g/mol. The quantitative estimate of drug-likeness (QED) is 0.786. The van der Waals surface area contributed by atoms with Crippen molar-refractivity contribution in [2.75, 3.05) is 18.5 Å². The van der Waals surface area contributed by atoms with Gasteiger partial charge in [-0.05, 0) is 48.7 Å². The van der Waals surface area contributed by atoms with Gasteiger partial charge >= 0.3 is 0 Å². The molecule has 0 atom stereocenters. The fraction of sp³-hybridized carbons (Fsp3) is 0.294. The lowest BCUT2D eigenvalue weighted by atomic mass is 10.2. The minimum Gasteiger partial charge on any atom is -0.492 e. The summed E-state index contributed by atoms with van der Waals surface area (Å²) in [7, 11) is 0. The molecule has 0 aliphatic carbocycles. The molecule has 19 heavy (non-hydrogen) atoms. The van der Waals surface area contributed by atoms with Crippen molar-refractivity contribution >= 4 is 5.69 Å². The van der Waals surface area contributed by atoms with Crippen molar-refractivity contribution in [2.45, 2.75) is 20.3 Å². The van der Waals surface area contributed by atoms with E-state index in [1.54, 1.807) is 0 Å². The van der Waals surface area contributed by atoms with Gasteiger partial charge < -0.3 is 10.1 Å². The van der Waals surface area contributed by atoms with E-state index in [0.717, 1.165) is 24.4 Å². The topological polar surface area (TPSA) is 21.3 Å². The third-order valence-electron chi connectivity index (χ3n) is 3.05. The minimum atomic E-state index is 0.666. The summed E-state index contributed by atoms with van der Waals surface area (Å²) in [6.07, 6.45) is 1.06. The first-order valence-corrected chi connectivity index (χ1v) is 6.80. The van der Waals surface area contributed by atoms with Crippen molar-refractivity contribution < 1.29 is 4.74 Å². The van der Waals surface area contributed by atoms with Crippen LogP contribution >= 0.6 is 0 Å². The Labute approximate surface area is 115 Å². The zero-order valence-corrected chi connectivity index (χ0v) is 11.6. The maximum absolute atomic E-state index is 5.69. The fourth-order valence-electron chi connectivity index (χ4n) is 1.94. The van der Waals surface area contributed by atoms with Crippen LogP contribution in [-0.2, 0) is 6.42 Å². The Morgan fingerprint density at radius 3 is 2.53 bits per heavy atom. The van der Waals surface area contributed by atoms with Gasteiger partial charge in [0.25, 0.3) is 0 Å². The molecule has 0 fully saturated rings. The van der Waals surface area contributed by atoms with E-state index in [4.69, 9.17) is 4.74 Å². The Morgan fingerprint density at radius 2 is 1.84 bits per heavy atom. The highest BCUT2D eigenvalue weighted by Crippen LogP contribution is 2.13. The predicted molar refractivity (Wildman–Crippen MR) is 81.0 cm³/mol. The zero-order chi connectivity index (χ0) is 13.5. The Kier molecular flexibility index (Phi) is 4.85. The molecule has 100 valence electrons. The van der Waals surface area contributed by atoms with Crippen LogP contribution in [0.5, 0.6) is 5.75 Å². The largest absolute Gasteiger partial charge is 0.492 e. The first-order valence-electron chi connectivity index (χ1n) is 6.80. The average Bonchev–Trinajstić information content (AvgIpc) is 2.44. The molecule has 2 aromatic rings. The summed E-state index contributed by atoms with van der Waals surface area (Å²) in [4.78, 5) is 0. The molecule has 2 nitrogen and oxygen atoms in total. The number of rotatable bonds is 6. The lowest BCUT2D eigenvalue weighted by Gasteiger charge is -2.09. The lowest BCUT2D eigenvalue weighted by molar-refractivity contribution is 0.333. The van der Waals surface area contributed by atoms with E-state index in [-0.39, 0.29) is 0 Å². The smallest absolute Gasteiger partial charge is 0.119 e.